The van der Waals surface area contributed by atoms with Crippen molar-refractivity contribution in [3.05, 3.63) is 18.0 Å². The van der Waals surface area contributed by atoms with E-state index >= 15 is 0 Å². The van der Waals surface area contributed by atoms with Gasteiger partial charge in [0.15, 0.2) is 0 Å². The summed E-state index contributed by atoms with van der Waals surface area (Å²) in [6, 6.07) is 1.96. The van der Waals surface area contributed by atoms with Crippen molar-refractivity contribution in [1.82, 2.24) is 9.78 Å². The highest BCUT2D eigenvalue weighted by molar-refractivity contribution is 5.17. The maximum atomic E-state index is 10.6. The van der Waals surface area contributed by atoms with E-state index in [9.17, 15) is 5.11 Å². The van der Waals surface area contributed by atoms with Crippen LogP contribution in [0, 0.1) is 11.8 Å². The van der Waals surface area contributed by atoms with Crippen molar-refractivity contribution < 1.29 is 5.11 Å². The molecule has 0 saturated heterocycles. The van der Waals surface area contributed by atoms with E-state index in [2.05, 4.69) is 5.10 Å². The SMILES string of the molecule is Cn1ccc(C2(O)CC3CCC2C3)n1. The third-order valence-electron chi connectivity index (χ3n) is 3.97. The fourth-order valence-electron chi connectivity index (χ4n) is 3.26. The van der Waals surface area contributed by atoms with Crippen molar-refractivity contribution in [2.75, 3.05) is 0 Å². The molecule has 2 aliphatic carbocycles. The standard InChI is InChI=1S/C11H16N2O/c1-13-5-4-10(12-13)11(14)7-8-2-3-9(11)6-8/h4-5,8-9,14H,2-3,6-7H2,1H3. The van der Waals surface area contributed by atoms with E-state index in [0.717, 1.165) is 18.0 Å². The lowest BCUT2D eigenvalue weighted by Gasteiger charge is -2.30. The van der Waals surface area contributed by atoms with Crippen LogP contribution in [-0.2, 0) is 12.6 Å². The molecule has 1 aromatic rings. The first-order valence-corrected chi connectivity index (χ1v) is 5.41. The summed E-state index contributed by atoms with van der Waals surface area (Å²) in [6.45, 7) is 0. The van der Waals surface area contributed by atoms with Gasteiger partial charge in [0.05, 0.1) is 5.69 Å². The topological polar surface area (TPSA) is 38.0 Å². The minimum absolute atomic E-state index is 0.461. The van der Waals surface area contributed by atoms with Crippen LogP contribution in [0.15, 0.2) is 12.3 Å². The number of fused-ring (bicyclic) bond motifs is 2. The zero-order valence-electron chi connectivity index (χ0n) is 8.48. The minimum Gasteiger partial charge on any atom is -0.383 e. The molecule has 3 rings (SSSR count). The summed E-state index contributed by atoms with van der Waals surface area (Å²) in [5, 5.41) is 14.9. The van der Waals surface area contributed by atoms with Crippen LogP contribution in [0.25, 0.3) is 0 Å². The van der Waals surface area contributed by atoms with Gasteiger partial charge in [0.1, 0.15) is 5.60 Å². The molecule has 0 radical (unpaired) electrons. The van der Waals surface area contributed by atoms with Gasteiger partial charge in [-0.2, -0.15) is 5.10 Å². The summed E-state index contributed by atoms with van der Waals surface area (Å²) in [4.78, 5) is 0. The fraction of sp³-hybridized carbons (Fsp3) is 0.727. The highest BCUT2D eigenvalue weighted by Crippen LogP contribution is 2.54. The molecule has 1 aromatic heterocycles. The van der Waals surface area contributed by atoms with Gasteiger partial charge in [-0.3, -0.25) is 4.68 Å². The molecule has 1 heterocycles. The number of aliphatic hydroxyl groups is 1. The number of rotatable bonds is 1. The summed E-state index contributed by atoms with van der Waals surface area (Å²) >= 11 is 0. The molecule has 0 aromatic carbocycles. The van der Waals surface area contributed by atoms with Crippen molar-refractivity contribution in [3.8, 4) is 0 Å². The van der Waals surface area contributed by atoms with Crippen LogP contribution in [0.2, 0.25) is 0 Å². The normalized spacial score (nSPS) is 40.7. The van der Waals surface area contributed by atoms with Crippen molar-refractivity contribution in [1.29, 1.82) is 0 Å². The number of nitrogens with zero attached hydrogens (tertiary/aromatic N) is 2. The summed E-state index contributed by atoms with van der Waals surface area (Å²) in [6.07, 6.45) is 6.53. The van der Waals surface area contributed by atoms with Gasteiger partial charge in [0, 0.05) is 13.2 Å². The lowest BCUT2D eigenvalue weighted by Crippen LogP contribution is -2.32. The Morgan fingerprint density at radius 3 is 2.93 bits per heavy atom. The second-order valence-electron chi connectivity index (χ2n) is 4.88. The highest BCUT2D eigenvalue weighted by Gasteiger charge is 2.52. The zero-order valence-corrected chi connectivity index (χ0v) is 8.48. The molecule has 0 spiro atoms. The van der Waals surface area contributed by atoms with Gasteiger partial charge < -0.3 is 5.11 Å². The Labute approximate surface area is 83.7 Å². The average Bonchev–Trinajstić information content (AvgIpc) is 2.78. The average molecular weight is 192 g/mol. The molecule has 2 fully saturated rings. The Bertz CT molecular complexity index is 360. The Balaban J connectivity index is 1.97. The number of hydrogen-bond donors (Lipinski definition) is 1. The maximum absolute atomic E-state index is 10.6. The summed E-state index contributed by atoms with van der Waals surface area (Å²) < 4.78 is 1.78. The van der Waals surface area contributed by atoms with Crippen LogP contribution in [-0.4, -0.2) is 14.9 Å². The first-order chi connectivity index (χ1) is 6.68. The van der Waals surface area contributed by atoms with Crippen LogP contribution in [0.4, 0.5) is 0 Å². The molecule has 1 N–H and O–H groups in total. The lowest BCUT2D eigenvalue weighted by atomic mass is 9.82. The van der Waals surface area contributed by atoms with Crippen molar-refractivity contribution in [2.45, 2.75) is 31.3 Å². The van der Waals surface area contributed by atoms with Crippen molar-refractivity contribution >= 4 is 0 Å². The van der Waals surface area contributed by atoms with E-state index in [0.29, 0.717) is 5.92 Å². The molecule has 2 aliphatic rings. The Morgan fingerprint density at radius 2 is 2.43 bits per heavy atom. The largest absolute Gasteiger partial charge is 0.383 e. The molecule has 0 aliphatic heterocycles. The predicted molar refractivity (Wildman–Crippen MR) is 52.6 cm³/mol. The number of hydrogen-bond acceptors (Lipinski definition) is 2. The van der Waals surface area contributed by atoms with Crippen LogP contribution < -0.4 is 0 Å². The fourth-order valence-corrected chi connectivity index (χ4v) is 3.26. The molecule has 0 amide bonds. The van der Waals surface area contributed by atoms with E-state index < -0.39 is 5.60 Å². The number of aryl methyl sites for hydroxylation is 1. The molecule has 3 heteroatoms. The van der Waals surface area contributed by atoms with Gasteiger partial charge in [-0.05, 0) is 43.6 Å². The van der Waals surface area contributed by atoms with Crippen LogP contribution >= 0.6 is 0 Å². The second-order valence-corrected chi connectivity index (χ2v) is 4.88. The molecule has 14 heavy (non-hydrogen) atoms. The predicted octanol–water partition coefficient (Wildman–Crippen LogP) is 1.43. The summed E-state index contributed by atoms with van der Waals surface area (Å²) in [5.74, 6) is 1.20. The molecule has 3 atom stereocenters. The van der Waals surface area contributed by atoms with Crippen molar-refractivity contribution in [3.63, 3.8) is 0 Å². The molecule has 2 bridgehead atoms. The highest BCUT2D eigenvalue weighted by atomic mass is 16.3. The van der Waals surface area contributed by atoms with Gasteiger partial charge in [-0.25, -0.2) is 0 Å². The minimum atomic E-state index is -0.607. The van der Waals surface area contributed by atoms with E-state index in [-0.39, 0.29) is 0 Å². The van der Waals surface area contributed by atoms with E-state index in [4.69, 9.17) is 0 Å². The van der Waals surface area contributed by atoms with Crippen LogP contribution in [0.3, 0.4) is 0 Å². The molecule has 2 saturated carbocycles. The molecule has 76 valence electrons. The Morgan fingerprint density at radius 1 is 1.57 bits per heavy atom. The zero-order chi connectivity index (χ0) is 9.76. The lowest BCUT2D eigenvalue weighted by molar-refractivity contribution is -0.0225. The molecule has 3 unspecified atom stereocenters. The van der Waals surface area contributed by atoms with Gasteiger partial charge >= 0.3 is 0 Å². The van der Waals surface area contributed by atoms with Crippen molar-refractivity contribution in [2.24, 2.45) is 18.9 Å². The van der Waals surface area contributed by atoms with Gasteiger partial charge in [-0.1, -0.05) is 0 Å². The molecular formula is C11H16N2O. The summed E-state index contributed by atoms with van der Waals surface area (Å²) in [7, 11) is 1.90. The first-order valence-electron chi connectivity index (χ1n) is 5.41. The Hall–Kier alpha value is -0.830. The van der Waals surface area contributed by atoms with Gasteiger partial charge in [0.25, 0.3) is 0 Å². The first kappa shape index (κ1) is 8.48. The third-order valence-corrected chi connectivity index (χ3v) is 3.97. The van der Waals surface area contributed by atoms with Gasteiger partial charge in [0.2, 0.25) is 0 Å². The van der Waals surface area contributed by atoms with Crippen LogP contribution in [0.1, 0.15) is 31.4 Å². The van der Waals surface area contributed by atoms with Crippen LogP contribution in [0.5, 0.6) is 0 Å². The van der Waals surface area contributed by atoms with E-state index in [1.807, 2.05) is 19.3 Å². The van der Waals surface area contributed by atoms with E-state index in [1.54, 1.807) is 4.68 Å². The smallest absolute Gasteiger partial charge is 0.111 e. The number of aromatic nitrogens is 2. The summed E-state index contributed by atoms with van der Waals surface area (Å²) in [5.41, 5.74) is 0.275. The van der Waals surface area contributed by atoms with E-state index in [1.165, 1.54) is 19.3 Å². The quantitative estimate of drug-likeness (QED) is 0.731. The Kier molecular flexibility index (Phi) is 1.57. The maximum Gasteiger partial charge on any atom is 0.111 e. The monoisotopic (exact) mass is 192 g/mol. The molecular weight excluding hydrogens is 176 g/mol. The van der Waals surface area contributed by atoms with Gasteiger partial charge in [-0.15, -0.1) is 0 Å². The molecule has 3 nitrogen and oxygen atoms in total. The second kappa shape index (κ2) is 2.60. The third kappa shape index (κ3) is 0.989.